The van der Waals surface area contributed by atoms with Crippen molar-refractivity contribution in [1.29, 1.82) is 0 Å². The van der Waals surface area contributed by atoms with E-state index in [1.807, 2.05) is 6.92 Å². The Morgan fingerprint density at radius 1 is 0.889 bits per heavy atom. The Hall–Kier alpha value is -1.50. The summed E-state index contributed by atoms with van der Waals surface area (Å²) in [5, 5.41) is 15.0. The number of rotatable bonds is 7. The van der Waals surface area contributed by atoms with Crippen LogP contribution in [0.15, 0.2) is 0 Å². The molecule has 0 aromatic heterocycles. The van der Waals surface area contributed by atoms with Crippen LogP contribution in [-0.4, -0.2) is 48.7 Å². The molecule has 2 amide bonds. The second-order valence-electron chi connectivity index (χ2n) is 8.13. The highest BCUT2D eigenvalue weighted by molar-refractivity contribution is 5.67. The zero-order chi connectivity index (χ0) is 19.6. The first-order valence-electron chi connectivity index (χ1n) is 10.5. The molecule has 1 unspecified atom stereocenters. The van der Waals surface area contributed by atoms with Gasteiger partial charge in [0.05, 0.1) is 12.7 Å². The maximum atomic E-state index is 11.7. The van der Waals surface area contributed by atoms with Crippen LogP contribution in [0.1, 0.15) is 71.6 Å². The van der Waals surface area contributed by atoms with E-state index in [9.17, 15) is 9.59 Å². The second kappa shape index (κ2) is 11.4. The molecule has 3 N–H and O–H groups in total. The number of aliphatic hydroxyl groups is 1. The number of nitrogens with one attached hydrogen (secondary N) is 2. The van der Waals surface area contributed by atoms with Crippen molar-refractivity contribution in [3.05, 3.63) is 0 Å². The summed E-state index contributed by atoms with van der Waals surface area (Å²) in [6.07, 6.45) is 8.59. The molecule has 2 aliphatic carbocycles. The van der Waals surface area contributed by atoms with Crippen LogP contribution in [0, 0.1) is 11.8 Å². The van der Waals surface area contributed by atoms with Crippen LogP contribution in [0.2, 0.25) is 0 Å². The molecular formula is C20H36N2O5. The van der Waals surface area contributed by atoms with Gasteiger partial charge in [0.2, 0.25) is 0 Å². The second-order valence-corrected chi connectivity index (χ2v) is 8.13. The van der Waals surface area contributed by atoms with E-state index in [0.717, 1.165) is 50.4 Å². The number of aliphatic hydroxyl groups excluding tert-OH is 1. The lowest BCUT2D eigenvalue weighted by atomic mass is 9.76. The molecule has 7 heteroatoms. The lowest BCUT2D eigenvalue weighted by Gasteiger charge is -2.34. The highest BCUT2D eigenvalue weighted by Gasteiger charge is 2.28. The molecule has 0 aromatic rings. The monoisotopic (exact) mass is 384 g/mol. The van der Waals surface area contributed by atoms with Gasteiger partial charge in [0, 0.05) is 12.1 Å². The number of hydrogen-bond acceptors (Lipinski definition) is 5. The first-order chi connectivity index (χ1) is 13.0. The van der Waals surface area contributed by atoms with Crippen LogP contribution < -0.4 is 10.6 Å². The molecule has 0 spiro atoms. The fourth-order valence-electron chi connectivity index (χ4n) is 4.30. The largest absolute Gasteiger partial charge is 0.450 e. The Balaban J connectivity index is 1.58. The fraction of sp³-hybridized carbons (Fsp3) is 0.900. The van der Waals surface area contributed by atoms with Crippen molar-refractivity contribution in [3.63, 3.8) is 0 Å². The molecule has 27 heavy (non-hydrogen) atoms. The Kier molecular flexibility index (Phi) is 9.18. The van der Waals surface area contributed by atoms with Gasteiger partial charge in [-0.25, -0.2) is 9.59 Å². The predicted molar refractivity (Wildman–Crippen MR) is 102 cm³/mol. The van der Waals surface area contributed by atoms with Crippen LogP contribution in [0.3, 0.4) is 0 Å². The summed E-state index contributed by atoms with van der Waals surface area (Å²) in [5.41, 5.74) is 0. The minimum Gasteiger partial charge on any atom is -0.450 e. The van der Waals surface area contributed by atoms with E-state index in [4.69, 9.17) is 14.6 Å². The van der Waals surface area contributed by atoms with E-state index >= 15 is 0 Å². The molecule has 2 rings (SSSR count). The first kappa shape index (κ1) is 21.8. The standard InChI is InChI=1S/C20H36N2O5/c1-3-26-19(24)21-17-8-4-15(5-9-17)12-16-6-10-18(11-7-16)22-20(25)27-13-14(2)23/h14-18,23H,3-13H2,1-2H3,(H,21,24)(H,22,25). The van der Waals surface area contributed by atoms with E-state index in [1.54, 1.807) is 6.92 Å². The molecule has 1 atom stereocenters. The zero-order valence-corrected chi connectivity index (χ0v) is 16.7. The van der Waals surface area contributed by atoms with Gasteiger partial charge in [0.15, 0.2) is 0 Å². The summed E-state index contributed by atoms with van der Waals surface area (Å²) in [6.45, 7) is 3.87. The van der Waals surface area contributed by atoms with Gasteiger partial charge in [0.25, 0.3) is 0 Å². The molecule has 156 valence electrons. The third-order valence-electron chi connectivity index (χ3n) is 5.74. The Bertz CT molecular complexity index is 455. The van der Waals surface area contributed by atoms with Gasteiger partial charge < -0.3 is 25.2 Å². The smallest absolute Gasteiger partial charge is 0.407 e. The van der Waals surface area contributed by atoms with Crippen LogP contribution in [0.4, 0.5) is 9.59 Å². The van der Waals surface area contributed by atoms with Crippen molar-refractivity contribution in [1.82, 2.24) is 10.6 Å². The van der Waals surface area contributed by atoms with Gasteiger partial charge in [-0.05, 0) is 83.5 Å². The minimum atomic E-state index is -0.630. The first-order valence-corrected chi connectivity index (χ1v) is 10.5. The molecular weight excluding hydrogens is 348 g/mol. The molecule has 7 nitrogen and oxygen atoms in total. The lowest BCUT2D eigenvalue weighted by Crippen LogP contribution is -2.39. The highest BCUT2D eigenvalue weighted by atomic mass is 16.6. The summed E-state index contributed by atoms with van der Waals surface area (Å²) < 4.78 is 9.92. The van der Waals surface area contributed by atoms with Crippen LogP contribution in [0.25, 0.3) is 0 Å². The molecule has 2 fully saturated rings. The Morgan fingerprint density at radius 2 is 1.33 bits per heavy atom. The maximum Gasteiger partial charge on any atom is 0.407 e. The number of ether oxygens (including phenoxy) is 2. The molecule has 2 saturated carbocycles. The van der Waals surface area contributed by atoms with E-state index < -0.39 is 12.2 Å². The number of carbonyl (C=O) groups excluding carboxylic acids is 2. The average molecular weight is 385 g/mol. The maximum absolute atomic E-state index is 11.7. The van der Waals surface area contributed by atoms with Crippen LogP contribution >= 0.6 is 0 Å². The van der Waals surface area contributed by atoms with Crippen molar-refractivity contribution in [2.75, 3.05) is 13.2 Å². The SMILES string of the molecule is CCOC(=O)NC1CCC(CC2CCC(NC(=O)OCC(C)O)CC2)CC1. The van der Waals surface area contributed by atoms with Gasteiger partial charge in [0.1, 0.15) is 6.61 Å². The molecule has 0 radical (unpaired) electrons. The average Bonchev–Trinajstić information content (AvgIpc) is 2.63. The van der Waals surface area contributed by atoms with Gasteiger partial charge in [-0.2, -0.15) is 0 Å². The zero-order valence-electron chi connectivity index (χ0n) is 16.7. The highest BCUT2D eigenvalue weighted by Crippen LogP contribution is 2.35. The van der Waals surface area contributed by atoms with Crippen molar-refractivity contribution < 1.29 is 24.2 Å². The van der Waals surface area contributed by atoms with Crippen molar-refractivity contribution >= 4 is 12.2 Å². The lowest BCUT2D eigenvalue weighted by molar-refractivity contribution is 0.0744. The molecule has 2 aliphatic rings. The molecule has 0 aliphatic heterocycles. The Morgan fingerprint density at radius 3 is 1.74 bits per heavy atom. The summed E-state index contributed by atoms with van der Waals surface area (Å²) in [5.74, 6) is 1.48. The summed E-state index contributed by atoms with van der Waals surface area (Å²) in [6, 6.07) is 0.445. The molecule has 0 aromatic carbocycles. The van der Waals surface area contributed by atoms with Gasteiger partial charge >= 0.3 is 12.2 Å². The number of hydrogen-bond donors (Lipinski definition) is 3. The third kappa shape index (κ3) is 8.37. The van der Waals surface area contributed by atoms with E-state index in [2.05, 4.69) is 10.6 Å². The van der Waals surface area contributed by atoms with Crippen molar-refractivity contribution in [2.24, 2.45) is 11.8 Å². The normalized spacial score (nSPS) is 29.4. The number of carbonyl (C=O) groups is 2. The van der Waals surface area contributed by atoms with Crippen molar-refractivity contribution in [2.45, 2.75) is 89.8 Å². The van der Waals surface area contributed by atoms with E-state index in [-0.39, 0.29) is 24.8 Å². The van der Waals surface area contributed by atoms with E-state index in [1.165, 1.54) is 19.3 Å². The number of amides is 2. The minimum absolute atomic E-state index is 0.0366. The molecule has 0 heterocycles. The van der Waals surface area contributed by atoms with Crippen LogP contribution in [-0.2, 0) is 9.47 Å². The summed E-state index contributed by atoms with van der Waals surface area (Å²) in [7, 11) is 0. The van der Waals surface area contributed by atoms with E-state index in [0.29, 0.717) is 6.61 Å². The fourth-order valence-corrected chi connectivity index (χ4v) is 4.30. The number of alkyl carbamates (subject to hydrolysis) is 2. The topological polar surface area (TPSA) is 96.9 Å². The predicted octanol–water partition coefficient (Wildman–Crippen LogP) is 3.35. The van der Waals surface area contributed by atoms with Crippen molar-refractivity contribution in [3.8, 4) is 0 Å². The van der Waals surface area contributed by atoms with Gasteiger partial charge in [-0.1, -0.05) is 0 Å². The van der Waals surface area contributed by atoms with Crippen LogP contribution in [0.5, 0.6) is 0 Å². The quantitative estimate of drug-likeness (QED) is 0.625. The Labute approximate surface area is 162 Å². The van der Waals surface area contributed by atoms with Gasteiger partial charge in [-0.15, -0.1) is 0 Å². The molecule has 0 saturated heterocycles. The summed E-state index contributed by atoms with van der Waals surface area (Å²) >= 11 is 0. The third-order valence-corrected chi connectivity index (χ3v) is 5.74. The van der Waals surface area contributed by atoms with Gasteiger partial charge in [-0.3, -0.25) is 0 Å². The summed E-state index contributed by atoms with van der Waals surface area (Å²) in [4.78, 5) is 23.2. The molecule has 0 bridgehead atoms.